The van der Waals surface area contributed by atoms with Crippen LogP contribution in [0.15, 0.2) is 42.5 Å². The molecule has 0 radical (unpaired) electrons. The average molecular weight is 451 g/mol. The molecule has 1 saturated heterocycles. The van der Waals surface area contributed by atoms with Gasteiger partial charge in [0.15, 0.2) is 0 Å². The third kappa shape index (κ3) is 5.69. The molecule has 4 rings (SSSR count). The van der Waals surface area contributed by atoms with Gasteiger partial charge in [-0.2, -0.15) is 0 Å². The van der Waals surface area contributed by atoms with Gasteiger partial charge < -0.3 is 14.8 Å². The smallest absolute Gasteiger partial charge is 0.493 e. The van der Waals surface area contributed by atoms with E-state index in [4.69, 9.17) is 4.74 Å². The Balaban J connectivity index is 0.00000150. The lowest BCUT2D eigenvalue weighted by atomic mass is 9.94. The summed E-state index contributed by atoms with van der Waals surface area (Å²) in [5.74, 6) is 0.722. The van der Waals surface area contributed by atoms with Crippen molar-refractivity contribution in [2.45, 2.75) is 18.8 Å². The highest BCUT2D eigenvalue weighted by molar-refractivity contribution is 5.85. The minimum atomic E-state index is -4.68. The van der Waals surface area contributed by atoms with Gasteiger partial charge in [0.1, 0.15) is 11.5 Å². The van der Waals surface area contributed by atoms with E-state index in [0.717, 1.165) is 49.5 Å². The second-order valence-electron chi connectivity index (χ2n) is 6.77. The lowest BCUT2D eigenvalue weighted by Crippen LogP contribution is -2.45. The molecule has 0 amide bonds. The van der Waals surface area contributed by atoms with Crippen LogP contribution in [0.2, 0.25) is 0 Å². The summed E-state index contributed by atoms with van der Waals surface area (Å²) in [7, 11) is 0. The fourth-order valence-electron chi connectivity index (χ4n) is 3.78. The minimum Gasteiger partial charge on any atom is -0.493 e. The van der Waals surface area contributed by atoms with Crippen LogP contribution in [0.1, 0.15) is 22.7 Å². The third-order valence-corrected chi connectivity index (χ3v) is 4.98. The molecule has 0 bridgehead atoms. The number of rotatable bonds is 4. The zero-order valence-corrected chi connectivity index (χ0v) is 17.2. The van der Waals surface area contributed by atoms with E-state index in [1.54, 1.807) is 12.1 Å². The summed E-state index contributed by atoms with van der Waals surface area (Å²) in [5.41, 5.74) is 3.26. The molecule has 0 aliphatic carbocycles. The Labute approximate surface area is 180 Å². The average Bonchev–Trinajstić information content (AvgIpc) is 3.11. The number of nitrogens with one attached hydrogen (secondary N) is 1. The summed E-state index contributed by atoms with van der Waals surface area (Å²) in [6.45, 7) is 4.22. The lowest BCUT2D eigenvalue weighted by molar-refractivity contribution is -0.274. The highest BCUT2D eigenvalue weighted by Gasteiger charge is 2.31. The van der Waals surface area contributed by atoms with Gasteiger partial charge in [0.2, 0.25) is 0 Å². The second kappa shape index (κ2) is 9.89. The first-order chi connectivity index (χ1) is 13.0. The molecule has 160 valence electrons. The molecule has 0 aromatic heterocycles. The summed E-state index contributed by atoms with van der Waals surface area (Å²) in [6.07, 6.45) is -3.80. The summed E-state index contributed by atoms with van der Waals surface area (Å²) in [6, 6.07) is 12.4. The zero-order chi connectivity index (χ0) is 18.9. The van der Waals surface area contributed by atoms with Crippen LogP contribution in [0.25, 0.3) is 0 Å². The van der Waals surface area contributed by atoms with Crippen LogP contribution in [-0.4, -0.2) is 44.0 Å². The summed E-state index contributed by atoms with van der Waals surface area (Å²) < 4.78 is 46.9. The summed E-state index contributed by atoms with van der Waals surface area (Å²) >= 11 is 0. The van der Waals surface area contributed by atoms with Crippen molar-refractivity contribution in [1.29, 1.82) is 0 Å². The van der Waals surface area contributed by atoms with Crippen molar-refractivity contribution >= 4 is 24.8 Å². The van der Waals surface area contributed by atoms with Crippen LogP contribution in [0.3, 0.4) is 0 Å². The molecule has 9 heteroatoms. The van der Waals surface area contributed by atoms with Gasteiger partial charge in [-0.3, -0.25) is 4.90 Å². The van der Waals surface area contributed by atoms with Crippen LogP contribution in [0.4, 0.5) is 13.2 Å². The van der Waals surface area contributed by atoms with E-state index < -0.39 is 6.36 Å². The van der Waals surface area contributed by atoms with Crippen molar-refractivity contribution in [1.82, 2.24) is 10.2 Å². The first-order valence-electron chi connectivity index (χ1n) is 9.06. The maximum absolute atomic E-state index is 12.4. The van der Waals surface area contributed by atoms with Crippen molar-refractivity contribution in [3.8, 4) is 11.5 Å². The van der Waals surface area contributed by atoms with Crippen LogP contribution >= 0.6 is 24.8 Å². The van der Waals surface area contributed by atoms with Crippen molar-refractivity contribution in [2.75, 3.05) is 32.8 Å². The number of fused-ring (bicyclic) bond motifs is 1. The molecule has 1 atom stereocenters. The lowest BCUT2D eigenvalue weighted by Gasteiger charge is -2.35. The Hall–Kier alpha value is -1.67. The third-order valence-electron chi connectivity index (χ3n) is 4.98. The van der Waals surface area contributed by atoms with E-state index >= 15 is 0 Å². The molecule has 2 aromatic rings. The molecule has 0 saturated carbocycles. The molecule has 0 spiro atoms. The van der Waals surface area contributed by atoms with E-state index in [9.17, 15) is 13.2 Å². The molecule has 0 unspecified atom stereocenters. The predicted molar refractivity (Wildman–Crippen MR) is 110 cm³/mol. The van der Waals surface area contributed by atoms with Crippen molar-refractivity contribution in [2.24, 2.45) is 0 Å². The van der Waals surface area contributed by atoms with Gasteiger partial charge in [0.05, 0.1) is 12.6 Å². The van der Waals surface area contributed by atoms with E-state index in [1.165, 1.54) is 17.7 Å². The Morgan fingerprint density at radius 3 is 2.28 bits per heavy atom. The molecule has 2 heterocycles. The van der Waals surface area contributed by atoms with Gasteiger partial charge in [-0.1, -0.05) is 24.3 Å². The van der Waals surface area contributed by atoms with Gasteiger partial charge in [0, 0.05) is 32.6 Å². The Kier molecular flexibility index (Phi) is 8.05. The van der Waals surface area contributed by atoms with E-state index in [0.29, 0.717) is 6.61 Å². The Bertz CT molecular complexity index is 797. The fraction of sp³-hybridized carbons (Fsp3) is 0.400. The Morgan fingerprint density at radius 2 is 1.62 bits per heavy atom. The normalized spacial score (nSPS) is 17.3. The molecule has 1 fully saturated rings. The van der Waals surface area contributed by atoms with Gasteiger partial charge in [0.25, 0.3) is 0 Å². The SMILES string of the molecule is Cl.Cl.FC(F)(F)Oc1ccc([C@@H](c2ccc3c(c2)CCO3)N2CCNCC2)cc1. The van der Waals surface area contributed by atoms with Crippen LogP contribution in [0, 0.1) is 0 Å². The monoisotopic (exact) mass is 450 g/mol. The number of nitrogens with zero attached hydrogens (tertiary/aromatic N) is 1. The number of halogens is 5. The van der Waals surface area contributed by atoms with E-state index in [-0.39, 0.29) is 36.6 Å². The molecule has 4 nitrogen and oxygen atoms in total. The number of alkyl halides is 3. The first-order valence-corrected chi connectivity index (χ1v) is 9.06. The van der Waals surface area contributed by atoms with E-state index in [1.807, 2.05) is 6.07 Å². The highest BCUT2D eigenvalue weighted by Crippen LogP contribution is 2.35. The number of ether oxygens (including phenoxy) is 2. The summed E-state index contributed by atoms with van der Waals surface area (Å²) in [5, 5.41) is 3.34. The summed E-state index contributed by atoms with van der Waals surface area (Å²) in [4.78, 5) is 2.35. The molecular weight excluding hydrogens is 428 g/mol. The van der Waals surface area contributed by atoms with Crippen LogP contribution in [-0.2, 0) is 6.42 Å². The molecule has 29 heavy (non-hydrogen) atoms. The zero-order valence-electron chi connectivity index (χ0n) is 15.6. The standard InChI is InChI=1S/C20H21F3N2O2.2ClH/c21-20(22,23)27-17-4-1-14(2-5-17)19(25-10-8-24-9-11-25)16-3-6-18-15(13-16)7-12-26-18;;/h1-6,13,19,24H,7-12H2;2*1H/t19-;;/m0../s1. The largest absolute Gasteiger partial charge is 0.573 e. The first kappa shape index (κ1) is 23.6. The Morgan fingerprint density at radius 1 is 0.966 bits per heavy atom. The fourth-order valence-corrected chi connectivity index (χ4v) is 3.78. The maximum Gasteiger partial charge on any atom is 0.573 e. The topological polar surface area (TPSA) is 33.7 Å². The van der Waals surface area contributed by atoms with Gasteiger partial charge in [-0.05, 0) is 34.9 Å². The number of piperazine rings is 1. The van der Waals surface area contributed by atoms with Gasteiger partial charge in [-0.15, -0.1) is 38.0 Å². The molecule has 2 aliphatic heterocycles. The predicted octanol–water partition coefficient (Wildman–Crippen LogP) is 4.36. The number of hydrogen-bond acceptors (Lipinski definition) is 4. The molecule has 2 aromatic carbocycles. The maximum atomic E-state index is 12.4. The molecule has 2 aliphatic rings. The second-order valence-corrected chi connectivity index (χ2v) is 6.77. The quantitative estimate of drug-likeness (QED) is 0.750. The highest BCUT2D eigenvalue weighted by atomic mass is 35.5. The molecule has 1 N–H and O–H groups in total. The van der Waals surface area contributed by atoms with Gasteiger partial charge >= 0.3 is 6.36 Å². The van der Waals surface area contributed by atoms with Gasteiger partial charge in [-0.25, -0.2) is 0 Å². The van der Waals surface area contributed by atoms with Crippen molar-refractivity contribution in [3.63, 3.8) is 0 Å². The van der Waals surface area contributed by atoms with Crippen molar-refractivity contribution in [3.05, 3.63) is 59.2 Å². The van der Waals surface area contributed by atoms with Crippen LogP contribution < -0.4 is 14.8 Å². The van der Waals surface area contributed by atoms with E-state index in [2.05, 4.69) is 27.1 Å². The number of hydrogen-bond donors (Lipinski definition) is 1. The van der Waals surface area contributed by atoms with Crippen LogP contribution in [0.5, 0.6) is 11.5 Å². The van der Waals surface area contributed by atoms with Crippen molar-refractivity contribution < 1.29 is 22.6 Å². The number of benzene rings is 2. The molecular formula is C20H23Cl2F3N2O2. The minimum absolute atomic E-state index is 0.